The number of carbonyl (C=O) groups is 1. The Morgan fingerprint density at radius 1 is 1.50 bits per heavy atom. The zero-order chi connectivity index (χ0) is 12.3. The molecule has 0 heterocycles. The topological polar surface area (TPSA) is 17.1 Å². The zero-order valence-electron chi connectivity index (χ0n) is 11.3. The van der Waals surface area contributed by atoms with Crippen molar-refractivity contribution in [1.82, 2.24) is 0 Å². The second kappa shape index (κ2) is 4.99. The van der Waals surface area contributed by atoms with E-state index in [9.17, 15) is 4.79 Å². The molecule has 90 valence electrons. The summed E-state index contributed by atoms with van der Waals surface area (Å²) in [5.41, 5.74) is 3.04. The van der Waals surface area contributed by atoms with Gasteiger partial charge in [-0.3, -0.25) is 4.79 Å². The molecule has 0 amide bonds. The Morgan fingerprint density at radius 3 is 2.62 bits per heavy atom. The molecule has 0 N–H and O–H groups in total. The molecule has 0 fully saturated rings. The van der Waals surface area contributed by atoms with Gasteiger partial charge in [-0.2, -0.15) is 0 Å². The van der Waals surface area contributed by atoms with Crippen LogP contribution in [0.5, 0.6) is 0 Å². The van der Waals surface area contributed by atoms with Crippen molar-refractivity contribution in [2.75, 3.05) is 0 Å². The van der Waals surface area contributed by atoms with E-state index >= 15 is 0 Å². The van der Waals surface area contributed by atoms with Gasteiger partial charge >= 0.3 is 0 Å². The van der Waals surface area contributed by atoms with Gasteiger partial charge in [0.25, 0.3) is 0 Å². The van der Waals surface area contributed by atoms with Crippen LogP contribution in [0.25, 0.3) is 0 Å². The third-order valence-corrected chi connectivity index (χ3v) is 4.02. The van der Waals surface area contributed by atoms with E-state index in [4.69, 9.17) is 0 Å². The summed E-state index contributed by atoms with van der Waals surface area (Å²) in [5.74, 6) is 0.873. The predicted molar refractivity (Wildman–Crippen MR) is 69.3 cm³/mol. The van der Waals surface area contributed by atoms with Crippen LogP contribution in [0.2, 0.25) is 0 Å². The molecule has 1 aliphatic carbocycles. The molecule has 0 aromatic carbocycles. The molecule has 0 spiro atoms. The third kappa shape index (κ3) is 2.63. The standard InChI is InChI=1S/C15H24O/c1-6-13-9-7-11(2)14(15(13,4)5)10-8-12(3)16/h8,10,13H,6-7,9H2,1-5H3/t13-/m1/s1. The summed E-state index contributed by atoms with van der Waals surface area (Å²) < 4.78 is 0. The van der Waals surface area contributed by atoms with E-state index in [0.29, 0.717) is 0 Å². The van der Waals surface area contributed by atoms with Gasteiger partial charge in [0.2, 0.25) is 0 Å². The van der Waals surface area contributed by atoms with E-state index in [1.807, 2.05) is 6.08 Å². The van der Waals surface area contributed by atoms with E-state index in [-0.39, 0.29) is 11.2 Å². The number of ketones is 1. The summed E-state index contributed by atoms with van der Waals surface area (Å²) in [5, 5.41) is 0. The molecular weight excluding hydrogens is 196 g/mol. The second-order valence-corrected chi connectivity index (χ2v) is 5.50. The minimum atomic E-state index is 0.134. The number of hydrogen-bond donors (Lipinski definition) is 0. The highest BCUT2D eigenvalue weighted by atomic mass is 16.1. The van der Waals surface area contributed by atoms with Crippen molar-refractivity contribution in [3.05, 3.63) is 23.3 Å². The highest BCUT2D eigenvalue weighted by molar-refractivity contribution is 5.87. The largest absolute Gasteiger partial charge is 0.295 e. The van der Waals surface area contributed by atoms with E-state index in [1.54, 1.807) is 13.0 Å². The summed E-state index contributed by atoms with van der Waals surface area (Å²) in [6.45, 7) is 10.7. The lowest BCUT2D eigenvalue weighted by molar-refractivity contribution is -0.112. The summed E-state index contributed by atoms with van der Waals surface area (Å²) >= 11 is 0. The molecule has 0 radical (unpaired) electrons. The average molecular weight is 220 g/mol. The van der Waals surface area contributed by atoms with Gasteiger partial charge in [0, 0.05) is 0 Å². The van der Waals surface area contributed by atoms with Crippen molar-refractivity contribution < 1.29 is 4.79 Å². The van der Waals surface area contributed by atoms with Crippen molar-refractivity contribution >= 4 is 5.78 Å². The van der Waals surface area contributed by atoms with Gasteiger partial charge in [0.05, 0.1) is 0 Å². The molecule has 1 heteroatoms. The highest BCUT2D eigenvalue weighted by Crippen LogP contribution is 2.46. The lowest BCUT2D eigenvalue weighted by Crippen LogP contribution is -2.29. The molecule has 16 heavy (non-hydrogen) atoms. The first kappa shape index (κ1) is 13.2. The van der Waals surface area contributed by atoms with Gasteiger partial charge in [-0.25, -0.2) is 0 Å². The van der Waals surface area contributed by atoms with Crippen LogP contribution in [-0.2, 0) is 4.79 Å². The van der Waals surface area contributed by atoms with Crippen LogP contribution in [0.15, 0.2) is 23.3 Å². The minimum absolute atomic E-state index is 0.134. The molecule has 1 nitrogen and oxygen atoms in total. The van der Waals surface area contributed by atoms with Crippen LogP contribution in [-0.4, -0.2) is 5.78 Å². The van der Waals surface area contributed by atoms with Gasteiger partial charge in [-0.15, -0.1) is 0 Å². The minimum Gasteiger partial charge on any atom is -0.295 e. The lowest BCUT2D eigenvalue weighted by Gasteiger charge is -2.40. The SMILES string of the molecule is CC[C@@H]1CCC(C)=C(C=CC(C)=O)C1(C)C. The van der Waals surface area contributed by atoms with Crippen molar-refractivity contribution in [2.45, 2.75) is 53.9 Å². The van der Waals surface area contributed by atoms with E-state index in [1.165, 1.54) is 30.4 Å². The van der Waals surface area contributed by atoms with Crippen molar-refractivity contribution in [2.24, 2.45) is 11.3 Å². The summed E-state index contributed by atoms with van der Waals surface area (Å²) in [6.07, 6.45) is 7.43. The van der Waals surface area contributed by atoms with Crippen LogP contribution in [0.3, 0.4) is 0 Å². The number of carbonyl (C=O) groups excluding carboxylic acids is 1. The second-order valence-electron chi connectivity index (χ2n) is 5.50. The Kier molecular flexibility index (Phi) is 4.12. The summed E-state index contributed by atoms with van der Waals surface area (Å²) in [6, 6.07) is 0. The number of rotatable bonds is 3. The normalized spacial score (nSPS) is 25.2. The zero-order valence-corrected chi connectivity index (χ0v) is 11.3. The molecule has 0 unspecified atom stereocenters. The quantitative estimate of drug-likeness (QED) is 0.648. The van der Waals surface area contributed by atoms with Crippen molar-refractivity contribution in [3.8, 4) is 0 Å². The lowest BCUT2D eigenvalue weighted by atomic mass is 9.64. The number of hydrogen-bond acceptors (Lipinski definition) is 1. The van der Waals surface area contributed by atoms with Crippen LogP contribution >= 0.6 is 0 Å². The van der Waals surface area contributed by atoms with Gasteiger partial charge in [0.15, 0.2) is 5.78 Å². The Morgan fingerprint density at radius 2 is 2.12 bits per heavy atom. The molecule has 1 rings (SSSR count). The maximum Gasteiger partial charge on any atom is 0.152 e. The van der Waals surface area contributed by atoms with Gasteiger partial charge in [0.1, 0.15) is 0 Å². The summed E-state index contributed by atoms with van der Waals surface area (Å²) in [4.78, 5) is 11.0. The molecule has 0 saturated heterocycles. The first-order valence-corrected chi connectivity index (χ1v) is 6.28. The monoisotopic (exact) mass is 220 g/mol. The van der Waals surface area contributed by atoms with Gasteiger partial charge in [-0.05, 0) is 49.7 Å². The van der Waals surface area contributed by atoms with Gasteiger partial charge < -0.3 is 0 Å². The fourth-order valence-corrected chi connectivity index (χ4v) is 2.93. The molecule has 0 saturated carbocycles. The fraction of sp³-hybridized carbons (Fsp3) is 0.667. The van der Waals surface area contributed by atoms with E-state index < -0.39 is 0 Å². The highest BCUT2D eigenvalue weighted by Gasteiger charge is 2.34. The fourth-order valence-electron chi connectivity index (χ4n) is 2.93. The molecule has 0 bridgehead atoms. The maximum absolute atomic E-state index is 11.0. The maximum atomic E-state index is 11.0. The Labute approximate surface area is 99.6 Å². The molecule has 1 aliphatic rings. The first-order valence-electron chi connectivity index (χ1n) is 6.28. The van der Waals surface area contributed by atoms with Crippen LogP contribution in [0.1, 0.15) is 53.9 Å². The Hall–Kier alpha value is -0.850. The average Bonchev–Trinajstić information content (AvgIpc) is 2.16. The summed E-state index contributed by atoms with van der Waals surface area (Å²) in [7, 11) is 0. The first-order chi connectivity index (χ1) is 7.39. The molecular formula is C15H24O. The number of allylic oxidation sites excluding steroid dienone is 4. The molecule has 0 aromatic rings. The molecule has 0 aliphatic heterocycles. The van der Waals surface area contributed by atoms with E-state index in [0.717, 1.165) is 5.92 Å². The predicted octanol–water partition coefficient (Wildman–Crippen LogP) is 4.29. The molecule has 1 atom stereocenters. The molecule has 0 aromatic heterocycles. The van der Waals surface area contributed by atoms with Crippen LogP contribution in [0, 0.1) is 11.3 Å². The van der Waals surface area contributed by atoms with Crippen molar-refractivity contribution in [1.29, 1.82) is 0 Å². The Bertz CT molecular complexity index is 331. The van der Waals surface area contributed by atoms with Crippen LogP contribution in [0.4, 0.5) is 0 Å². The van der Waals surface area contributed by atoms with Crippen LogP contribution < -0.4 is 0 Å². The van der Waals surface area contributed by atoms with E-state index in [2.05, 4.69) is 27.7 Å². The van der Waals surface area contributed by atoms with Crippen molar-refractivity contribution in [3.63, 3.8) is 0 Å². The Balaban J connectivity index is 3.06. The van der Waals surface area contributed by atoms with Gasteiger partial charge in [-0.1, -0.05) is 38.8 Å². The third-order valence-electron chi connectivity index (χ3n) is 4.02. The smallest absolute Gasteiger partial charge is 0.152 e.